The first-order valence-corrected chi connectivity index (χ1v) is 9.92. The van der Waals surface area contributed by atoms with Gasteiger partial charge in [-0.2, -0.15) is 0 Å². The van der Waals surface area contributed by atoms with E-state index in [2.05, 4.69) is 27.7 Å². The summed E-state index contributed by atoms with van der Waals surface area (Å²) in [4.78, 5) is 28.3. The molecular weight excluding hydrogens is 328 g/mol. The molecule has 140 valence electrons. The molecule has 26 heavy (non-hydrogen) atoms. The second kappa shape index (κ2) is 7.56. The van der Waals surface area contributed by atoms with Crippen LogP contribution in [-0.4, -0.2) is 49.1 Å². The van der Waals surface area contributed by atoms with Crippen molar-refractivity contribution in [1.29, 1.82) is 0 Å². The third-order valence-electron chi connectivity index (χ3n) is 5.85. The fourth-order valence-corrected chi connectivity index (χ4v) is 4.25. The van der Waals surface area contributed by atoms with Crippen LogP contribution in [0.3, 0.4) is 0 Å². The predicted molar refractivity (Wildman–Crippen MR) is 103 cm³/mol. The molecule has 3 amide bonds. The number of hydrogen-bond donors (Lipinski definition) is 2. The van der Waals surface area contributed by atoms with Gasteiger partial charge in [0.25, 0.3) is 0 Å². The van der Waals surface area contributed by atoms with Crippen LogP contribution in [0.15, 0.2) is 18.2 Å². The van der Waals surface area contributed by atoms with Crippen molar-refractivity contribution in [2.75, 3.05) is 36.4 Å². The molecule has 2 N–H and O–H groups in total. The molecule has 2 aliphatic heterocycles. The van der Waals surface area contributed by atoms with Gasteiger partial charge in [0.15, 0.2) is 0 Å². The van der Waals surface area contributed by atoms with Crippen LogP contribution in [0.4, 0.5) is 16.2 Å². The predicted octanol–water partition coefficient (Wildman–Crippen LogP) is 2.74. The van der Waals surface area contributed by atoms with E-state index < -0.39 is 0 Å². The smallest absolute Gasteiger partial charge is 0.317 e. The lowest BCUT2D eigenvalue weighted by Gasteiger charge is -2.37. The summed E-state index contributed by atoms with van der Waals surface area (Å²) in [6, 6.07) is 6.73. The average molecular weight is 356 g/mol. The number of nitrogens with one attached hydrogen (secondary N) is 2. The van der Waals surface area contributed by atoms with E-state index in [9.17, 15) is 9.59 Å². The van der Waals surface area contributed by atoms with Crippen LogP contribution in [0, 0.1) is 0 Å². The summed E-state index contributed by atoms with van der Waals surface area (Å²) in [5.74, 6) is 0.0999. The van der Waals surface area contributed by atoms with Crippen molar-refractivity contribution in [3.8, 4) is 0 Å². The zero-order valence-electron chi connectivity index (χ0n) is 15.3. The van der Waals surface area contributed by atoms with Crippen molar-refractivity contribution >= 4 is 23.3 Å². The minimum absolute atomic E-state index is 0.0999. The van der Waals surface area contributed by atoms with Gasteiger partial charge in [0.1, 0.15) is 0 Å². The number of piperazine rings is 1. The second-order valence-corrected chi connectivity index (χ2v) is 7.65. The Hall–Kier alpha value is -2.24. The molecular formula is C20H28N4O2. The van der Waals surface area contributed by atoms with Gasteiger partial charge in [-0.3, -0.25) is 4.79 Å². The van der Waals surface area contributed by atoms with E-state index in [1.54, 1.807) is 0 Å². The second-order valence-electron chi connectivity index (χ2n) is 7.65. The molecule has 1 saturated carbocycles. The number of carbonyl (C=O) groups excluding carboxylic acids is 2. The van der Waals surface area contributed by atoms with Crippen LogP contribution in [0.2, 0.25) is 0 Å². The Morgan fingerprint density at radius 3 is 2.58 bits per heavy atom. The molecule has 6 heteroatoms. The van der Waals surface area contributed by atoms with Crippen LogP contribution in [0.25, 0.3) is 0 Å². The standard InChI is InChI=1S/C20H28N4O2/c25-19-9-6-15-14-17(7-8-18(15)22-19)23-10-12-24(13-11-23)20(26)21-16-4-2-1-3-5-16/h7-8,14,16H,1-6,9-13H2,(H,21,26)(H,22,25). The van der Waals surface area contributed by atoms with Gasteiger partial charge in [0, 0.05) is 50.0 Å². The summed E-state index contributed by atoms with van der Waals surface area (Å²) < 4.78 is 0. The van der Waals surface area contributed by atoms with E-state index >= 15 is 0 Å². The summed E-state index contributed by atoms with van der Waals surface area (Å²) in [7, 11) is 0. The Balaban J connectivity index is 1.32. The molecule has 1 aliphatic carbocycles. The number of fused-ring (bicyclic) bond motifs is 1. The third-order valence-corrected chi connectivity index (χ3v) is 5.85. The highest BCUT2D eigenvalue weighted by molar-refractivity contribution is 5.94. The lowest BCUT2D eigenvalue weighted by Crippen LogP contribution is -2.53. The fraction of sp³-hybridized carbons (Fsp3) is 0.600. The lowest BCUT2D eigenvalue weighted by molar-refractivity contribution is -0.116. The first kappa shape index (κ1) is 17.2. The number of nitrogens with zero attached hydrogens (tertiary/aromatic N) is 2. The van der Waals surface area contributed by atoms with Gasteiger partial charge in [0.2, 0.25) is 5.91 Å². The Morgan fingerprint density at radius 2 is 1.81 bits per heavy atom. The Morgan fingerprint density at radius 1 is 1.04 bits per heavy atom. The number of anilines is 2. The topological polar surface area (TPSA) is 64.7 Å². The summed E-state index contributed by atoms with van der Waals surface area (Å²) in [5.41, 5.74) is 3.34. The highest BCUT2D eigenvalue weighted by Gasteiger charge is 2.24. The van der Waals surface area contributed by atoms with E-state index in [4.69, 9.17) is 0 Å². The van der Waals surface area contributed by atoms with Crippen LogP contribution >= 0.6 is 0 Å². The summed E-state index contributed by atoms with van der Waals surface area (Å²) in [6.45, 7) is 3.21. The third kappa shape index (κ3) is 3.79. The molecule has 6 nitrogen and oxygen atoms in total. The van der Waals surface area contributed by atoms with Gasteiger partial charge in [-0.05, 0) is 43.0 Å². The van der Waals surface area contributed by atoms with Gasteiger partial charge >= 0.3 is 6.03 Å². The molecule has 1 aromatic rings. The van der Waals surface area contributed by atoms with E-state index in [1.807, 2.05) is 11.0 Å². The van der Waals surface area contributed by atoms with Gasteiger partial charge in [0.05, 0.1) is 0 Å². The Bertz CT molecular complexity index is 676. The van der Waals surface area contributed by atoms with Crippen molar-refractivity contribution in [1.82, 2.24) is 10.2 Å². The van der Waals surface area contributed by atoms with Crippen molar-refractivity contribution in [2.24, 2.45) is 0 Å². The maximum Gasteiger partial charge on any atom is 0.317 e. The molecule has 0 spiro atoms. The highest BCUT2D eigenvalue weighted by atomic mass is 16.2. The van der Waals surface area contributed by atoms with Crippen LogP contribution < -0.4 is 15.5 Å². The highest BCUT2D eigenvalue weighted by Crippen LogP contribution is 2.28. The zero-order chi connectivity index (χ0) is 17.9. The van der Waals surface area contributed by atoms with E-state index in [1.165, 1.54) is 30.5 Å². The van der Waals surface area contributed by atoms with E-state index in [-0.39, 0.29) is 11.9 Å². The maximum atomic E-state index is 12.5. The number of hydrogen-bond acceptors (Lipinski definition) is 3. The molecule has 0 unspecified atom stereocenters. The first-order valence-electron chi connectivity index (χ1n) is 9.92. The van der Waals surface area contributed by atoms with Crippen LogP contribution in [0.5, 0.6) is 0 Å². The average Bonchev–Trinajstić information content (AvgIpc) is 2.68. The zero-order valence-corrected chi connectivity index (χ0v) is 15.3. The quantitative estimate of drug-likeness (QED) is 0.856. The molecule has 1 saturated heterocycles. The van der Waals surface area contributed by atoms with E-state index in [0.29, 0.717) is 12.5 Å². The normalized spacial score (nSPS) is 21.2. The number of urea groups is 1. The summed E-state index contributed by atoms with van der Waals surface area (Å²) in [5, 5.41) is 6.15. The van der Waals surface area contributed by atoms with Crippen molar-refractivity contribution < 1.29 is 9.59 Å². The number of amides is 3. The summed E-state index contributed by atoms with van der Waals surface area (Å²) in [6.07, 6.45) is 7.38. The molecule has 0 radical (unpaired) electrons. The van der Waals surface area contributed by atoms with Crippen LogP contribution in [0.1, 0.15) is 44.1 Å². The SMILES string of the molecule is O=C1CCc2cc(N3CCN(C(=O)NC4CCCCC4)CC3)ccc2N1. The molecule has 1 aromatic carbocycles. The Labute approximate surface area is 154 Å². The minimum Gasteiger partial charge on any atom is -0.368 e. The number of aryl methyl sites for hydroxylation is 1. The lowest BCUT2D eigenvalue weighted by atomic mass is 9.96. The molecule has 4 rings (SSSR count). The van der Waals surface area contributed by atoms with Gasteiger partial charge in [-0.25, -0.2) is 4.79 Å². The molecule has 3 aliphatic rings. The monoisotopic (exact) mass is 356 g/mol. The number of carbonyl (C=O) groups is 2. The molecule has 0 atom stereocenters. The summed E-state index contributed by atoms with van der Waals surface area (Å²) >= 11 is 0. The first-order chi connectivity index (χ1) is 12.7. The van der Waals surface area contributed by atoms with Crippen molar-refractivity contribution in [3.05, 3.63) is 23.8 Å². The largest absolute Gasteiger partial charge is 0.368 e. The van der Waals surface area contributed by atoms with Gasteiger partial charge in [-0.1, -0.05) is 19.3 Å². The number of rotatable bonds is 2. The van der Waals surface area contributed by atoms with E-state index in [0.717, 1.165) is 51.1 Å². The number of benzene rings is 1. The molecule has 0 aromatic heterocycles. The Kier molecular flexibility index (Phi) is 5.00. The fourth-order valence-electron chi connectivity index (χ4n) is 4.25. The molecule has 0 bridgehead atoms. The van der Waals surface area contributed by atoms with Gasteiger partial charge in [-0.15, -0.1) is 0 Å². The van der Waals surface area contributed by atoms with Crippen molar-refractivity contribution in [3.63, 3.8) is 0 Å². The van der Waals surface area contributed by atoms with Crippen LogP contribution in [-0.2, 0) is 11.2 Å². The molecule has 2 fully saturated rings. The van der Waals surface area contributed by atoms with Gasteiger partial charge < -0.3 is 20.4 Å². The minimum atomic E-state index is 0.0999. The molecule has 2 heterocycles. The van der Waals surface area contributed by atoms with Crippen molar-refractivity contribution in [2.45, 2.75) is 51.0 Å². The maximum absolute atomic E-state index is 12.5.